The topological polar surface area (TPSA) is 36.9 Å². The van der Waals surface area contributed by atoms with E-state index < -0.39 is 27.1 Å². The Bertz CT molecular complexity index is 181. The van der Waals surface area contributed by atoms with Crippen LogP contribution in [0.5, 0.6) is 0 Å². The van der Waals surface area contributed by atoms with E-state index in [9.17, 15) is 0 Å². The third-order valence-corrected chi connectivity index (χ3v) is 14.9. The van der Waals surface area contributed by atoms with Gasteiger partial charge < -0.3 is 16.5 Å². The first kappa shape index (κ1) is 15.9. The van der Waals surface area contributed by atoms with Gasteiger partial charge in [-0.1, -0.05) is 13.3 Å². The predicted octanol–water partition coefficient (Wildman–Crippen LogP) is -1.20. The van der Waals surface area contributed by atoms with E-state index >= 15 is 0 Å². The van der Waals surface area contributed by atoms with Crippen LogP contribution >= 0.6 is 0 Å². The molecule has 0 aliphatic carbocycles. The second kappa shape index (κ2) is 7.29. The van der Waals surface area contributed by atoms with E-state index in [2.05, 4.69) is 26.6 Å². The van der Waals surface area contributed by atoms with E-state index in [0.717, 1.165) is 33.4 Å². The first-order valence-corrected chi connectivity index (χ1v) is 13.4. The highest BCUT2D eigenvalue weighted by atomic mass is 28.5. The molecule has 0 spiro atoms. The molecule has 0 aliphatic rings. The van der Waals surface area contributed by atoms with Crippen molar-refractivity contribution < 1.29 is 16.5 Å². The number of hydrogen-bond acceptors (Lipinski definition) is 4. The molecule has 0 aromatic rings. The van der Waals surface area contributed by atoms with Gasteiger partial charge in [-0.05, 0) is 25.7 Å². The fourth-order valence-corrected chi connectivity index (χ4v) is 12.2. The van der Waals surface area contributed by atoms with Crippen molar-refractivity contribution in [3.05, 3.63) is 0 Å². The molecular formula is C6H24O4Si5. The Kier molecular flexibility index (Phi) is 7.74. The Morgan fingerprint density at radius 1 is 1.20 bits per heavy atom. The third kappa shape index (κ3) is 6.96. The summed E-state index contributed by atoms with van der Waals surface area (Å²) in [6.07, 6.45) is 1.12. The molecule has 15 heavy (non-hydrogen) atoms. The minimum atomic E-state index is -2.00. The van der Waals surface area contributed by atoms with Crippen molar-refractivity contribution in [1.82, 2.24) is 0 Å². The van der Waals surface area contributed by atoms with Crippen LogP contribution in [-0.4, -0.2) is 48.1 Å². The zero-order valence-corrected chi connectivity index (χ0v) is 18.2. The molecule has 9 heteroatoms. The van der Waals surface area contributed by atoms with E-state index in [-0.39, 0.29) is 0 Å². The molecule has 0 saturated carbocycles. The maximum Gasteiger partial charge on any atom is 0.315 e. The molecule has 0 fully saturated rings. The van der Waals surface area contributed by atoms with Gasteiger partial charge in [0, 0.05) is 0 Å². The highest BCUT2D eigenvalue weighted by Gasteiger charge is 2.38. The summed E-state index contributed by atoms with van der Waals surface area (Å²) in [5.74, 6) is 0. The summed E-state index contributed by atoms with van der Waals surface area (Å²) in [4.78, 5) is 0. The highest BCUT2D eigenvalue weighted by molar-refractivity contribution is 6.82. The Morgan fingerprint density at radius 3 is 2.20 bits per heavy atom. The summed E-state index contributed by atoms with van der Waals surface area (Å²) in [6.45, 7) is 8.48. The van der Waals surface area contributed by atoms with Crippen LogP contribution in [0.3, 0.4) is 0 Å². The predicted molar refractivity (Wildman–Crippen MR) is 77.0 cm³/mol. The van der Waals surface area contributed by atoms with Gasteiger partial charge in [0.1, 0.15) is 21.0 Å². The summed E-state index contributed by atoms with van der Waals surface area (Å²) >= 11 is 0. The molecule has 0 saturated heterocycles. The SMILES string of the molecule is CCC[Si](C)(O[SiH3])O[Si](C)(C)O[SiH2]O[SiH3]. The van der Waals surface area contributed by atoms with Crippen molar-refractivity contribution in [3.8, 4) is 0 Å². The number of rotatable bonds is 8. The van der Waals surface area contributed by atoms with Gasteiger partial charge in [-0.2, -0.15) is 0 Å². The van der Waals surface area contributed by atoms with Crippen molar-refractivity contribution in [2.45, 2.75) is 39.0 Å². The summed E-state index contributed by atoms with van der Waals surface area (Å²) in [5.41, 5.74) is 0. The van der Waals surface area contributed by atoms with Gasteiger partial charge in [-0.25, -0.2) is 0 Å². The molecule has 92 valence electrons. The molecule has 4 nitrogen and oxygen atoms in total. The van der Waals surface area contributed by atoms with E-state index in [1.807, 2.05) is 0 Å². The maximum atomic E-state index is 6.16. The van der Waals surface area contributed by atoms with E-state index in [0.29, 0.717) is 0 Å². The van der Waals surface area contributed by atoms with E-state index in [1.165, 1.54) is 0 Å². The van der Waals surface area contributed by atoms with Gasteiger partial charge in [-0.3, -0.25) is 0 Å². The molecule has 0 aromatic carbocycles. The maximum absolute atomic E-state index is 6.16. The molecule has 0 N–H and O–H groups in total. The van der Waals surface area contributed by atoms with Crippen molar-refractivity contribution in [1.29, 1.82) is 0 Å². The second-order valence-electron chi connectivity index (χ2n) is 4.14. The van der Waals surface area contributed by atoms with Crippen LogP contribution in [0.4, 0.5) is 0 Å². The third-order valence-electron chi connectivity index (χ3n) is 2.12. The van der Waals surface area contributed by atoms with Gasteiger partial charge in [0.15, 0.2) is 0 Å². The zero-order valence-electron chi connectivity index (χ0n) is 10.8. The largest absolute Gasteiger partial charge is 0.449 e. The Balaban J connectivity index is 4.25. The molecule has 0 rings (SSSR count). The van der Waals surface area contributed by atoms with E-state index in [1.54, 1.807) is 0 Å². The van der Waals surface area contributed by atoms with Crippen LogP contribution in [0.25, 0.3) is 0 Å². The molecule has 1 atom stereocenters. The van der Waals surface area contributed by atoms with Crippen LogP contribution < -0.4 is 0 Å². The molecule has 1 unspecified atom stereocenters. The lowest BCUT2D eigenvalue weighted by Gasteiger charge is -2.34. The van der Waals surface area contributed by atoms with Crippen LogP contribution in [0.2, 0.25) is 25.7 Å². The number of hydrogen-bond donors (Lipinski definition) is 0. The summed E-state index contributed by atoms with van der Waals surface area (Å²) < 4.78 is 22.8. The van der Waals surface area contributed by atoms with Crippen LogP contribution in [0, 0.1) is 0 Å². The van der Waals surface area contributed by atoms with Crippen LogP contribution in [0.1, 0.15) is 13.3 Å². The van der Waals surface area contributed by atoms with Gasteiger partial charge in [-0.15, -0.1) is 0 Å². The van der Waals surface area contributed by atoms with E-state index in [4.69, 9.17) is 16.5 Å². The van der Waals surface area contributed by atoms with Gasteiger partial charge in [0.25, 0.3) is 10.0 Å². The monoisotopic (exact) mass is 300 g/mol. The smallest absolute Gasteiger partial charge is 0.315 e. The first-order chi connectivity index (χ1) is 6.89. The molecule has 0 aliphatic heterocycles. The van der Waals surface area contributed by atoms with Gasteiger partial charge in [0.05, 0.1) is 0 Å². The average molecular weight is 301 g/mol. The molecule has 0 aromatic heterocycles. The minimum absolute atomic E-state index is 0.750. The highest BCUT2D eigenvalue weighted by Crippen LogP contribution is 2.20. The van der Waals surface area contributed by atoms with Gasteiger partial charge >= 0.3 is 17.1 Å². The zero-order chi connectivity index (χ0) is 11.9. The molecule has 0 radical (unpaired) electrons. The van der Waals surface area contributed by atoms with Gasteiger partial charge in [0.2, 0.25) is 0 Å². The molecular weight excluding hydrogens is 276 g/mol. The van der Waals surface area contributed by atoms with Crippen molar-refractivity contribution in [3.63, 3.8) is 0 Å². The standard InChI is InChI=1S/C6H24O4Si5/c1-5-6-15(4,8-12)10-14(2,3)9-13-7-11/h5-6,13H2,1-4,11-12H3. The fraction of sp³-hybridized carbons (Fsp3) is 1.00. The van der Waals surface area contributed by atoms with Crippen LogP contribution in [-0.2, 0) is 16.5 Å². The lowest BCUT2D eigenvalue weighted by molar-refractivity contribution is 0.326. The van der Waals surface area contributed by atoms with Crippen molar-refractivity contribution in [2.24, 2.45) is 0 Å². The normalized spacial score (nSPS) is 17.6. The summed E-state index contributed by atoms with van der Waals surface area (Å²) in [6, 6.07) is 1.06. The Labute approximate surface area is 104 Å². The summed E-state index contributed by atoms with van der Waals surface area (Å²) in [5, 5.41) is 0. The second-order valence-corrected chi connectivity index (χ2v) is 15.9. The quantitative estimate of drug-likeness (QED) is 0.528. The minimum Gasteiger partial charge on any atom is -0.449 e. The first-order valence-electron chi connectivity index (χ1n) is 5.27. The Hall–Kier alpha value is 0.924. The molecule has 0 bridgehead atoms. The van der Waals surface area contributed by atoms with Crippen molar-refractivity contribution in [2.75, 3.05) is 0 Å². The van der Waals surface area contributed by atoms with Crippen molar-refractivity contribution >= 4 is 48.1 Å². The average Bonchev–Trinajstić information content (AvgIpc) is 2.14. The molecule has 0 heterocycles. The molecule has 0 amide bonds. The Morgan fingerprint density at radius 2 is 1.80 bits per heavy atom. The van der Waals surface area contributed by atoms with Crippen LogP contribution in [0.15, 0.2) is 0 Å². The summed E-state index contributed by atoms with van der Waals surface area (Å²) in [7, 11) is -3.21. The lowest BCUT2D eigenvalue weighted by Crippen LogP contribution is -2.50. The fourth-order valence-electron chi connectivity index (χ4n) is 1.40. The lowest BCUT2D eigenvalue weighted by atomic mass is 10.6.